The van der Waals surface area contributed by atoms with E-state index < -0.39 is 0 Å². The minimum absolute atomic E-state index is 0.0838. The number of rotatable bonds is 1. The van der Waals surface area contributed by atoms with Crippen LogP contribution in [0.3, 0.4) is 0 Å². The maximum atomic E-state index is 4.82. The third kappa shape index (κ3) is 1.90. The number of aryl methyl sites for hydroxylation is 1. The summed E-state index contributed by atoms with van der Waals surface area (Å²) in [7, 11) is 2.07. The molecule has 90 valence electrons. The fraction of sp³-hybridized carbons (Fsp3) is 0.188. The molecule has 0 radical (unpaired) electrons. The highest BCUT2D eigenvalue weighted by molar-refractivity contribution is 5.31. The van der Waals surface area contributed by atoms with E-state index in [4.69, 9.17) is 4.99 Å². The fourth-order valence-electron chi connectivity index (χ4n) is 2.28. The molecule has 0 bridgehead atoms. The van der Waals surface area contributed by atoms with Crippen LogP contribution in [-0.2, 0) is 0 Å². The van der Waals surface area contributed by atoms with E-state index in [0.29, 0.717) is 0 Å². The van der Waals surface area contributed by atoms with Crippen LogP contribution in [0, 0.1) is 6.92 Å². The van der Waals surface area contributed by atoms with Gasteiger partial charge in [-0.1, -0.05) is 48.0 Å². The first-order valence-corrected chi connectivity index (χ1v) is 6.17. The summed E-state index contributed by atoms with van der Waals surface area (Å²) >= 11 is 0. The van der Waals surface area contributed by atoms with Crippen LogP contribution in [0.15, 0.2) is 53.5 Å². The highest BCUT2D eigenvalue weighted by Gasteiger charge is 2.15. The molecule has 0 aromatic heterocycles. The first-order valence-electron chi connectivity index (χ1n) is 6.17. The molecule has 1 heterocycles. The molecule has 2 nitrogen and oxygen atoms in total. The summed E-state index contributed by atoms with van der Waals surface area (Å²) in [6.07, 6.45) is 2.24. The standard InChI is InChI=1S/C16H16N2/c1-12-7-9-13(10-8-12)16-17-15-6-4-3-5-14(15)11-18(16)2/h3-11,16H,1-2H3. The zero-order valence-corrected chi connectivity index (χ0v) is 10.7. The quantitative estimate of drug-likeness (QED) is 0.739. The molecule has 0 saturated carbocycles. The predicted molar refractivity (Wildman–Crippen MR) is 73.4 cm³/mol. The number of fused-ring (bicyclic) bond motifs is 1. The minimum Gasteiger partial charge on any atom is -0.355 e. The van der Waals surface area contributed by atoms with Crippen molar-refractivity contribution < 1.29 is 0 Å². The second kappa shape index (κ2) is 4.30. The van der Waals surface area contributed by atoms with Crippen LogP contribution in [0.4, 0.5) is 0 Å². The molecular formula is C16H16N2. The van der Waals surface area contributed by atoms with E-state index in [1.54, 1.807) is 0 Å². The lowest BCUT2D eigenvalue weighted by Crippen LogP contribution is -2.35. The maximum Gasteiger partial charge on any atom is 0.147 e. The Morgan fingerprint density at radius 1 is 1.00 bits per heavy atom. The Balaban J connectivity index is 2.10. The number of nitrogens with zero attached hydrogens (tertiary/aromatic N) is 2. The maximum absolute atomic E-state index is 4.82. The third-order valence-electron chi connectivity index (χ3n) is 3.30. The molecule has 3 rings (SSSR count). The molecule has 0 amide bonds. The second-order valence-electron chi connectivity index (χ2n) is 4.77. The van der Waals surface area contributed by atoms with Crippen molar-refractivity contribution in [2.75, 3.05) is 7.05 Å². The van der Waals surface area contributed by atoms with Gasteiger partial charge in [-0.05, 0) is 18.6 Å². The summed E-state index contributed by atoms with van der Waals surface area (Å²) in [6.45, 7) is 2.10. The highest BCUT2D eigenvalue weighted by atomic mass is 15.2. The summed E-state index contributed by atoms with van der Waals surface area (Å²) in [6, 6.07) is 16.8. The number of hydrogen-bond acceptors (Lipinski definition) is 2. The lowest BCUT2D eigenvalue weighted by atomic mass is 10.1. The Labute approximate surface area is 107 Å². The normalized spacial score (nSPS) is 17.7. The van der Waals surface area contributed by atoms with Crippen molar-refractivity contribution >= 4 is 6.20 Å². The summed E-state index contributed by atoms with van der Waals surface area (Å²) in [5, 5.41) is 2.25. The molecular weight excluding hydrogens is 220 g/mol. The molecule has 1 unspecified atom stereocenters. The van der Waals surface area contributed by atoms with Gasteiger partial charge in [0.15, 0.2) is 0 Å². The summed E-state index contributed by atoms with van der Waals surface area (Å²) in [5.41, 5.74) is 2.51. The summed E-state index contributed by atoms with van der Waals surface area (Å²) in [4.78, 5) is 6.98. The van der Waals surface area contributed by atoms with Crippen molar-refractivity contribution in [2.24, 2.45) is 4.99 Å². The Hall–Kier alpha value is -2.09. The van der Waals surface area contributed by atoms with Gasteiger partial charge < -0.3 is 4.90 Å². The average Bonchev–Trinajstić information content (AvgIpc) is 2.39. The Morgan fingerprint density at radius 3 is 2.50 bits per heavy atom. The van der Waals surface area contributed by atoms with Gasteiger partial charge in [-0.2, -0.15) is 0 Å². The minimum atomic E-state index is 0.0838. The van der Waals surface area contributed by atoms with Crippen molar-refractivity contribution in [3.63, 3.8) is 0 Å². The van der Waals surface area contributed by atoms with Crippen molar-refractivity contribution in [2.45, 2.75) is 13.1 Å². The monoisotopic (exact) mass is 236 g/mol. The number of hydrogen-bond donors (Lipinski definition) is 0. The summed E-state index contributed by atoms with van der Waals surface area (Å²) in [5.74, 6) is 0. The topological polar surface area (TPSA) is 15.6 Å². The lowest BCUT2D eigenvalue weighted by molar-refractivity contribution is 0.365. The van der Waals surface area contributed by atoms with Gasteiger partial charge in [0.2, 0.25) is 0 Å². The number of para-hydroxylation sites is 1. The smallest absolute Gasteiger partial charge is 0.147 e. The molecule has 1 aliphatic heterocycles. The molecule has 0 fully saturated rings. The van der Waals surface area contributed by atoms with Crippen LogP contribution in [0.2, 0.25) is 0 Å². The van der Waals surface area contributed by atoms with Gasteiger partial charge in [-0.15, -0.1) is 0 Å². The fourth-order valence-corrected chi connectivity index (χ4v) is 2.28. The van der Waals surface area contributed by atoms with Crippen LogP contribution in [-0.4, -0.2) is 11.9 Å². The molecule has 18 heavy (non-hydrogen) atoms. The van der Waals surface area contributed by atoms with Gasteiger partial charge in [0.05, 0.1) is 5.36 Å². The zero-order chi connectivity index (χ0) is 12.5. The van der Waals surface area contributed by atoms with Gasteiger partial charge in [-0.25, -0.2) is 0 Å². The summed E-state index contributed by atoms with van der Waals surface area (Å²) < 4.78 is 0. The van der Waals surface area contributed by atoms with E-state index in [9.17, 15) is 0 Å². The molecule has 2 heteroatoms. The molecule has 0 saturated heterocycles. The molecule has 1 atom stereocenters. The van der Waals surface area contributed by atoms with Crippen molar-refractivity contribution in [3.05, 3.63) is 70.2 Å². The van der Waals surface area contributed by atoms with Crippen molar-refractivity contribution in [1.82, 2.24) is 4.90 Å². The third-order valence-corrected chi connectivity index (χ3v) is 3.30. The van der Waals surface area contributed by atoms with E-state index in [1.807, 2.05) is 12.1 Å². The van der Waals surface area contributed by atoms with Gasteiger partial charge in [0.1, 0.15) is 6.17 Å². The predicted octanol–water partition coefficient (Wildman–Crippen LogP) is 2.00. The largest absolute Gasteiger partial charge is 0.355 e. The molecule has 2 aromatic rings. The van der Waals surface area contributed by atoms with Gasteiger partial charge >= 0.3 is 0 Å². The second-order valence-corrected chi connectivity index (χ2v) is 4.77. The van der Waals surface area contributed by atoms with Gasteiger partial charge in [0.25, 0.3) is 0 Å². The van der Waals surface area contributed by atoms with Crippen LogP contribution >= 0.6 is 0 Å². The van der Waals surface area contributed by atoms with E-state index in [1.165, 1.54) is 16.3 Å². The van der Waals surface area contributed by atoms with E-state index >= 15 is 0 Å². The Morgan fingerprint density at radius 2 is 1.72 bits per heavy atom. The molecule has 2 aromatic carbocycles. The molecule has 0 aliphatic carbocycles. The SMILES string of the molecule is Cc1ccc(C2N=c3ccccc3=CN2C)cc1. The number of benzene rings is 2. The van der Waals surface area contributed by atoms with Gasteiger partial charge in [-0.3, -0.25) is 4.99 Å². The van der Waals surface area contributed by atoms with E-state index in [0.717, 1.165) is 5.36 Å². The molecule has 0 spiro atoms. The van der Waals surface area contributed by atoms with Gasteiger partial charge in [0, 0.05) is 18.5 Å². The average molecular weight is 236 g/mol. The Kier molecular flexibility index (Phi) is 2.63. The van der Waals surface area contributed by atoms with Crippen molar-refractivity contribution in [3.8, 4) is 0 Å². The highest BCUT2D eigenvalue weighted by Crippen LogP contribution is 2.21. The molecule has 0 N–H and O–H groups in total. The van der Waals surface area contributed by atoms with Crippen LogP contribution < -0.4 is 10.6 Å². The Bertz CT molecular complexity index is 671. The van der Waals surface area contributed by atoms with E-state index in [-0.39, 0.29) is 6.17 Å². The van der Waals surface area contributed by atoms with Crippen molar-refractivity contribution in [1.29, 1.82) is 0 Å². The first kappa shape index (κ1) is 11.0. The van der Waals surface area contributed by atoms with Crippen LogP contribution in [0.1, 0.15) is 17.3 Å². The van der Waals surface area contributed by atoms with Crippen LogP contribution in [0.5, 0.6) is 0 Å². The van der Waals surface area contributed by atoms with E-state index in [2.05, 4.69) is 61.5 Å². The lowest BCUT2D eigenvalue weighted by Gasteiger charge is -2.26. The van der Waals surface area contributed by atoms with Crippen LogP contribution in [0.25, 0.3) is 6.20 Å². The first-order chi connectivity index (χ1) is 8.74. The zero-order valence-electron chi connectivity index (χ0n) is 10.7. The molecule has 1 aliphatic rings.